The predicted molar refractivity (Wildman–Crippen MR) is 83.2 cm³/mol. The fourth-order valence-corrected chi connectivity index (χ4v) is 4.60. The van der Waals surface area contributed by atoms with Gasteiger partial charge in [-0.1, -0.05) is 31.9 Å². The van der Waals surface area contributed by atoms with Gasteiger partial charge >= 0.3 is 0 Å². The Bertz CT molecular complexity index is 680. The van der Waals surface area contributed by atoms with Crippen LogP contribution in [-0.4, -0.2) is 8.42 Å². The minimum Gasteiger partial charge on any atom is -0.218 e. The molecule has 2 rings (SSSR count). The Morgan fingerprint density at radius 3 is 1.47 bits per heavy atom. The number of hydrogen-bond donors (Lipinski definition) is 0. The predicted octanol–water partition coefficient (Wildman–Crippen LogP) is 4.66. The van der Waals surface area contributed by atoms with Gasteiger partial charge in [0.2, 0.25) is 9.84 Å². The third-order valence-electron chi connectivity index (χ3n) is 2.85. The van der Waals surface area contributed by atoms with Crippen molar-refractivity contribution in [1.82, 2.24) is 0 Å². The first-order valence-corrected chi connectivity index (χ1v) is 8.66. The molecule has 19 heavy (non-hydrogen) atoms. The lowest BCUT2D eigenvalue weighted by Gasteiger charge is -2.11. The highest BCUT2D eigenvalue weighted by atomic mass is 79.9. The van der Waals surface area contributed by atoms with Crippen molar-refractivity contribution in [2.75, 3.05) is 0 Å². The summed E-state index contributed by atoms with van der Waals surface area (Å²) in [5.41, 5.74) is 1.47. The van der Waals surface area contributed by atoms with Crippen molar-refractivity contribution < 1.29 is 8.42 Å². The molecule has 0 aliphatic rings. The molecule has 0 unspecified atom stereocenters. The van der Waals surface area contributed by atoms with Gasteiger partial charge in [0.05, 0.1) is 9.79 Å². The van der Waals surface area contributed by atoms with Gasteiger partial charge in [-0.15, -0.1) is 0 Å². The maximum Gasteiger partial charge on any atom is 0.207 e. The van der Waals surface area contributed by atoms with E-state index in [1.54, 1.807) is 50.2 Å². The van der Waals surface area contributed by atoms with Crippen molar-refractivity contribution in [2.45, 2.75) is 23.6 Å². The van der Waals surface area contributed by atoms with Gasteiger partial charge in [-0.2, -0.15) is 0 Å². The maximum atomic E-state index is 12.7. The van der Waals surface area contributed by atoms with Gasteiger partial charge in [0.15, 0.2) is 0 Å². The van der Waals surface area contributed by atoms with Crippen molar-refractivity contribution in [3.05, 3.63) is 56.5 Å². The molecule has 0 aliphatic carbocycles. The third-order valence-corrected chi connectivity index (χ3v) is 5.91. The Hall–Kier alpha value is -0.650. The largest absolute Gasteiger partial charge is 0.218 e. The summed E-state index contributed by atoms with van der Waals surface area (Å²) in [7, 11) is -3.48. The molecule has 2 aromatic rings. The molecule has 0 saturated carbocycles. The summed E-state index contributed by atoms with van der Waals surface area (Å²) in [5.74, 6) is 0. The van der Waals surface area contributed by atoms with Crippen molar-refractivity contribution in [3.8, 4) is 0 Å². The normalized spacial score (nSPS) is 11.6. The molecule has 2 nitrogen and oxygen atoms in total. The van der Waals surface area contributed by atoms with E-state index in [4.69, 9.17) is 0 Å². The third kappa shape index (κ3) is 2.93. The lowest BCUT2D eigenvalue weighted by atomic mass is 10.2. The van der Waals surface area contributed by atoms with Gasteiger partial charge in [0.1, 0.15) is 0 Å². The van der Waals surface area contributed by atoms with Crippen LogP contribution in [0.5, 0.6) is 0 Å². The van der Waals surface area contributed by atoms with Gasteiger partial charge in [-0.25, -0.2) is 8.42 Å². The molecule has 0 heterocycles. The first kappa shape index (κ1) is 14.8. The van der Waals surface area contributed by atoms with E-state index in [0.29, 0.717) is 9.79 Å². The molecule has 0 radical (unpaired) electrons. The molecule has 0 fully saturated rings. The zero-order valence-electron chi connectivity index (χ0n) is 10.4. The first-order chi connectivity index (χ1) is 8.82. The molecule has 0 aliphatic heterocycles. The van der Waals surface area contributed by atoms with E-state index in [0.717, 1.165) is 20.1 Å². The molecular weight excluding hydrogens is 392 g/mol. The lowest BCUT2D eigenvalue weighted by molar-refractivity contribution is 0.595. The Kier molecular flexibility index (Phi) is 4.18. The number of hydrogen-bond acceptors (Lipinski definition) is 2. The first-order valence-electron chi connectivity index (χ1n) is 5.60. The van der Waals surface area contributed by atoms with Crippen molar-refractivity contribution in [2.24, 2.45) is 0 Å². The number of benzene rings is 2. The van der Waals surface area contributed by atoms with Crippen LogP contribution < -0.4 is 0 Å². The number of aryl methyl sites for hydroxylation is 2. The second-order valence-electron chi connectivity index (χ2n) is 4.32. The molecule has 0 saturated heterocycles. The van der Waals surface area contributed by atoms with E-state index in [-0.39, 0.29) is 0 Å². The van der Waals surface area contributed by atoms with Crippen LogP contribution in [0, 0.1) is 13.8 Å². The molecule has 0 spiro atoms. The zero-order chi connectivity index (χ0) is 14.2. The summed E-state index contributed by atoms with van der Waals surface area (Å²) in [6.45, 7) is 3.59. The zero-order valence-corrected chi connectivity index (χ0v) is 14.4. The second-order valence-corrected chi connectivity index (χ2v) is 8.04. The molecule has 0 atom stereocenters. The van der Waals surface area contributed by atoms with Gasteiger partial charge < -0.3 is 0 Å². The van der Waals surface area contributed by atoms with Crippen LogP contribution in [0.1, 0.15) is 11.1 Å². The van der Waals surface area contributed by atoms with Gasteiger partial charge in [-0.05, 0) is 61.4 Å². The molecule has 0 N–H and O–H groups in total. The molecule has 0 aromatic heterocycles. The van der Waals surface area contributed by atoms with Crippen LogP contribution in [0.3, 0.4) is 0 Å². The van der Waals surface area contributed by atoms with Gasteiger partial charge in [-0.3, -0.25) is 0 Å². The van der Waals surface area contributed by atoms with Crippen LogP contribution in [0.4, 0.5) is 0 Å². The summed E-state index contributed by atoms with van der Waals surface area (Å²) in [6, 6.07) is 10.4. The monoisotopic (exact) mass is 402 g/mol. The second kappa shape index (κ2) is 5.38. The highest BCUT2D eigenvalue weighted by Gasteiger charge is 2.21. The molecule has 0 amide bonds. The van der Waals surface area contributed by atoms with Crippen molar-refractivity contribution in [1.29, 1.82) is 0 Å². The van der Waals surface area contributed by atoms with E-state index >= 15 is 0 Å². The van der Waals surface area contributed by atoms with Gasteiger partial charge in [0, 0.05) is 8.95 Å². The van der Waals surface area contributed by atoms with Crippen LogP contribution in [0.25, 0.3) is 0 Å². The number of rotatable bonds is 2. The Labute approximate surface area is 130 Å². The average molecular weight is 404 g/mol. The topological polar surface area (TPSA) is 34.1 Å². The van der Waals surface area contributed by atoms with E-state index in [2.05, 4.69) is 31.9 Å². The van der Waals surface area contributed by atoms with Crippen molar-refractivity contribution in [3.63, 3.8) is 0 Å². The van der Waals surface area contributed by atoms with E-state index in [1.807, 2.05) is 0 Å². The quantitative estimate of drug-likeness (QED) is 0.730. The van der Waals surface area contributed by atoms with Crippen LogP contribution in [-0.2, 0) is 9.84 Å². The standard InChI is InChI=1S/C14H12Br2O2S/c1-9-7-11(15)3-5-13(9)19(17,18)14-6-4-12(16)8-10(14)2/h3-8H,1-2H3. The van der Waals surface area contributed by atoms with Gasteiger partial charge in [0.25, 0.3) is 0 Å². The number of sulfone groups is 1. The Balaban J connectivity index is 2.65. The Morgan fingerprint density at radius 2 is 1.16 bits per heavy atom. The molecular formula is C14H12Br2O2S. The minimum absolute atomic E-state index is 0.348. The van der Waals surface area contributed by atoms with Crippen LogP contribution >= 0.6 is 31.9 Å². The lowest BCUT2D eigenvalue weighted by Crippen LogP contribution is -2.06. The van der Waals surface area contributed by atoms with E-state index in [1.165, 1.54) is 0 Å². The molecule has 0 bridgehead atoms. The molecule has 5 heteroatoms. The summed E-state index contributed by atoms with van der Waals surface area (Å²) in [5, 5.41) is 0. The SMILES string of the molecule is Cc1cc(Br)ccc1S(=O)(=O)c1ccc(Br)cc1C. The smallest absolute Gasteiger partial charge is 0.207 e. The fourth-order valence-electron chi connectivity index (χ4n) is 1.95. The van der Waals surface area contributed by atoms with Crippen LogP contribution in [0.15, 0.2) is 55.1 Å². The minimum atomic E-state index is -3.48. The Morgan fingerprint density at radius 1 is 0.789 bits per heavy atom. The van der Waals surface area contributed by atoms with E-state index in [9.17, 15) is 8.42 Å². The highest BCUT2D eigenvalue weighted by molar-refractivity contribution is 9.10. The summed E-state index contributed by atoms with van der Waals surface area (Å²) in [6.07, 6.45) is 0. The average Bonchev–Trinajstić information content (AvgIpc) is 2.27. The fraction of sp³-hybridized carbons (Fsp3) is 0.143. The molecule has 100 valence electrons. The van der Waals surface area contributed by atoms with Crippen LogP contribution in [0.2, 0.25) is 0 Å². The maximum absolute atomic E-state index is 12.7. The summed E-state index contributed by atoms with van der Waals surface area (Å²) >= 11 is 6.68. The summed E-state index contributed by atoms with van der Waals surface area (Å²) in [4.78, 5) is 0.697. The van der Waals surface area contributed by atoms with Crippen molar-refractivity contribution >= 4 is 41.7 Å². The molecule has 2 aromatic carbocycles. The highest BCUT2D eigenvalue weighted by Crippen LogP contribution is 2.29. The summed E-state index contributed by atoms with van der Waals surface area (Å²) < 4.78 is 27.1. The van der Waals surface area contributed by atoms with E-state index < -0.39 is 9.84 Å². The number of halogens is 2.